The van der Waals surface area contributed by atoms with E-state index in [9.17, 15) is 0 Å². The number of hydrogen-bond donors (Lipinski definition) is 3. The lowest BCUT2D eigenvalue weighted by molar-refractivity contribution is 0.381. The van der Waals surface area contributed by atoms with Crippen LogP contribution >= 0.6 is 0 Å². The van der Waals surface area contributed by atoms with Gasteiger partial charge < -0.3 is 5.73 Å². The van der Waals surface area contributed by atoms with E-state index in [2.05, 4.69) is 13.8 Å². The molecule has 0 heterocycles. The molecule has 0 spiro atoms. The van der Waals surface area contributed by atoms with Crippen molar-refractivity contribution >= 4 is 16.1 Å². The summed E-state index contributed by atoms with van der Waals surface area (Å²) >= 11 is 0. The Morgan fingerprint density at radius 3 is 1.86 bits per heavy atom. The minimum Gasteiger partial charge on any atom is -0.399 e. The summed E-state index contributed by atoms with van der Waals surface area (Å²) in [5.74, 6) is 0. The summed E-state index contributed by atoms with van der Waals surface area (Å²) in [5.41, 5.74) is 8.93. The fraction of sp³-hybridized carbons (Fsp3) is 0.250. The summed E-state index contributed by atoms with van der Waals surface area (Å²) in [7, 11) is -4.67. The van der Waals surface area contributed by atoms with Gasteiger partial charge in [0.05, 0.1) is 0 Å². The van der Waals surface area contributed by atoms with Crippen LogP contribution in [0.25, 0.3) is 0 Å². The van der Waals surface area contributed by atoms with Crippen LogP contribution in [-0.2, 0) is 10.4 Å². The van der Waals surface area contributed by atoms with Crippen LogP contribution < -0.4 is 5.73 Å². The van der Waals surface area contributed by atoms with Gasteiger partial charge in [-0.3, -0.25) is 9.11 Å². The Labute approximate surface area is 83.1 Å². The van der Waals surface area contributed by atoms with Gasteiger partial charge in [0.25, 0.3) is 0 Å². The standard InChI is InChI=1S/C8H11N.H2O4S/c1-6-3-4-8(9)5-7(6)2;1-5(2,3)4/h3-5H,9H2,1-2H3;(H2,1,2,3,4). The van der Waals surface area contributed by atoms with Gasteiger partial charge >= 0.3 is 10.4 Å². The molecule has 0 saturated carbocycles. The zero-order valence-corrected chi connectivity index (χ0v) is 8.75. The maximum absolute atomic E-state index is 8.74. The molecule has 14 heavy (non-hydrogen) atoms. The van der Waals surface area contributed by atoms with E-state index in [4.69, 9.17) is 23.3 Å². The van der Waals surface area contributed by atoms with E-state index in [1.54, 1.807) is 0 Å². The molecule has 0 aromatic heterocycles. The molecule has 0 amide bonds. The third-order valence-corrected chi connectivity index (χ3v) is 1.53. The predicted molar refractivity (Wildman–Crippen MR) is 54.5 cm³/mol. The molecule has 0 aliphatic heterocycles. The molecule has 0 unspecified atom stereocenters. The molecule has 0 aliphatic carbocycles. The molecule has 5 nitrogen and oxygen atoms in total. The van der Waals surface area contributed by atoms with E-state index in [-0.39, 0.29) is 0 Å². The third kappa shape index (κ3) is 7.53. The lowest BCUT2D eigenvalue weighted by Crippen LogP contribution is -1.89. The average molecular weight is 219 g/mol. The van der Waals surface area contributed by atoms with E-state index in [1.165, 1.54) is 11.1 Å². The minimum atomic E-state index is -4.67. The first kappa shape index (κ1) is 12.9. The van der Waals surface area contributed by atoms with E-state index >= 15 is 0 Å². The Kier molecular flexibility index (Phi) is 4.55. The number of aryl methyl sites for hydroxylation is 2. The molecule has 0 atom stereocenters. The van der Waals surface area contributed by atoms with Crippen molar-refractivity contribution < 1.29 is 17.5 Å². The van der Waals surface area contributed by atoms with Crippen molar-refractivity contribution in [3.8, 4) is 0 Å². The van der Waals surface area contributed by atoms with Crippen LogP contribution in [0.3, 0.4) is 0 Å². The number of benzene rings is 1. The molecule has 0 bridgehead atoms. The molecule has 80 valence electrons. The summed E-state index contributed by atoms with van der Waals surface area (Å²) < 4.78 is 31.6. The highest BCUT2D eigenvalue weighted by molar-refractivity contribution is 7.79. The second-order valence-electron chi connectivity index (χ2n) is 2.79. The molecule has 4 N–H and O–H groups in total. The molecule has 0 saturated heterocycles. The van der Waals surface area contributed by atoms with Crippen LogP contribution in [0.4, 0.5) is 5.69 Å². The van der Waals surface area contributed by atoms with E-state index in [0.29, 0.717) is 0 Å². The van der Waals surface area contributed by atoms with Gasteiger partial charge in [0.2, 0.25) is 0 Å². The average Bonchev–Trinajstić information content (AvgIpc) is 1.94. The largest absolute Gasteiger partial charge is 0.399 e. The van der Waals surface area contributed by atoms with Crippen LogP contribution in [0.5, 0.6) is 0 Å². The van der Waals surface area contributed by atoms with Gasteiger partial charge in [-0.15, -0.1) is 0 Å². The maximum Gasteiger partial charge on any atom is 0.394 e. The smallest absolute Gasteiger partial charge is 0.394 e. The van der Waals surface area contributed by atoms with Crippen molar-refractivity contribution in [2.45, 2.75) is 13.8 Å². The van der Waals surface area contributed by atoms with Crippen molar-refractivity contribution in [1.82, 2.24) is 0 Å². The Balaban J connectivity index is 0.000000292. The fourth-order valence-electron chi connectivity index (χ4n) is 0.765. The summed E-state index contributed by atoms with van der Waals surface area (Å²) in [6.07, 6.45) is 0. The summed E-state index contributed by atoms with van der Waals surface area (Å²) in [5, 5.41) is 0. The topological polar surface area (TPSA) is 101 Å². The molecule has 6 heteroatoms. The van der Waals surface area contributed by atoms with Gasteiger partial charge in [0.1, 0.15) is 0 Å². The van der Waals surface area contributed by atoms with E-state index < -0.39 is 10.4 Å². The van der Waals surface area contributed by atoms with Crippen molar-refractivity contribution in [2.75, 3.05) is 5.73 Å². The molecule has 0 fully saturated rings. The number of nitrogen functional groups attached to an aromatic ring is 1. The zero-order chi connectivity index (χ0) is 11.4. The molecule has 0 aliphatic rings. The van der Waals surface area contributed by atoms with Crippen molar-refractivity contribution in [3.63, 3.8) is 0 Å². The highest BCUT2D eigenvalue weighted by Crippen LogP contribution is 2.09. The van der Waals surface area contributed by atoms with Gasteiger partial charge in [-0.2, -0.15) is 8.42 Å². The Morgan fingerprint density at radius 2 is 1.57 bits per heavy atom. The number of nitrogens with two attached hydrogens (primary N) is 1. The summed E-state index contributed by atoms with van der Waals surface area (Å²) in [4.78, 5) is 0. The number of hydrogen-bond acceptors (Lipinski definition) is 3. The fourth-order valence-corrected chi connectivity index (χ4v) is 0.765. The SMILES string of the molecule is Cc1ccc(N)cc1C.O=S(=O)(O)O. The molecule has 0 radical (unpaired) electrons. The van der Waals surface area contributed by atoms with Crippen molar-refractivity contribution in [1.29, 1.82) is 0 Å². The third-order valence-electron chi connectivity index (χ3n) is 1.53. The second kappa shape index (κ2) is 4.94. The predicted octanol–water partition coefficient (Wildman–Crippen LogP) is 1.23. The van der Waals surface area contributed by atoms with Crippen molar-refractivity contribution in [2.24, 2.45) is 0 Å². The first-order chi connectivity index (χ1) is 6.20. The molecule has 1 aromatic carbocycles. The normalized spacial score (nSPS) is 10.3. The lowest BCUT2D eigenvalue weighted by atomic mass is 10.1. The molecular weight excluding hydrogens is 206 g/mol. The van der Waals surface area contributed by atoms with Gasteiger partial charge in [-0.25, -0.2) is 0 Å². The van der Waals surface area contributed by atoms with Gasteiger partial charge in [0.15, 0.2) is 0 Å². The quantitative estimate of drug-likeness (QED) is 0.450. The zero-order valence-electron chi connectivity index (χ0n) is 7.93. The Bertz CT molecular complexity index is 392. The summed E-state index contributed by atoms with van der Waals surface area (Å²) in [6, 6.07) is 5.93. The highest BCUT2D eigenvalue weighted by Gasteiger charge is 1.89. The second-order valence-corrected chi connectivity index (χ2v) is 3.69. The number of rotatable bonds is 0. The van der Waals surface area contributed by atoms with Crippen molar-refractivity contribution in [3.05, 3.63) is 29.3 Å². The highest BCUT2D eigenvalue weighted by atomic mass is 32.3. The first-order valence-corrected chi connectivity index (χ1v) is 5.12. The minimum absolute atomic E-state index is 0.845. The monoisotopic (exact) mass is 219 g/mol. The maximum atomic E-state index is 8.74. The first-order valence-electron chi connectivity index (χ1n) is 3.73. The van der Waals surface area contributed by atoms with Crippen LogP contribution in [-0.4, -0.2) is 17.5 Å². The van der Waals surface area contributed by atoms with Gasteiger partial charge in [-0.1, -0.05) is 6.07 Å². The summed E-state index contributed by atoms with van der Waals surface area (Å²) in [6.45, 7) is 4.14. The van der Waals surface area contributed by atoms with E-state index in [1.807, 2.05) is 18.2 Å². The Morgan fingerprint density at radius 1 is 1.14 bits per heavy atom. The van der Waals surface area contributed by atoms with E-state index in [0.717, 1.165) is 5.69 Å². The van der Waals surface area contributed by atoms with Crippen LogP contribution in [0.1, 0.15) is 11.1 Å². The van der Waals surface area contributed by atoms with Crippen LogP contribution in [0.2, 0.25) is 0 Å². The molecule has 1 rings (SSSR count). The molecular formula is C8H13NO4S. The van der Waals surface area contributed by atoms with Crippen LogP contribution in [0, 0.1) is 13.8 Å². The van der Waals surface area contributed by atoms with Gasteiger partial charge in [-0.05, 0) is 37.1 Å². The molecule has 1 aromatic rings. The Hall–Kier alpha value is -1.11. The van der Waals surface area contributed by atoms with Gasteiger partial charge in [0, 0.05) is 5.69 Å². The lowest BCUT2D eigenvalue weighted by Gasteiger charge is -1.98. The van der Waals surface area contributed by atoms with Crippen LogP contribution in [0.15, 0.2) is 18.2 Å². The number of anilines is 1.